The zero-order chi connectivity index (χ0) is 19.5. The summed E-state index contributed by atoms with van der Waals surface area (Å²) in [7, 11) is 0. The molecule has 2 N–H and O–H groups in total. The minimum absolute atomic E-state index is 0. The Morgan fingerprint density at radius 3 is 2.50 bits per heavy atom. The van der Waals surface area contributed by atoms with Crippen molar-refractivity contribution in [3.63, 3.8) is 0 Å². The molecule has 0 aliphatic heterocycles. The molecule has 2 rings (SSSR count). The minimum Gasteiger partial charge on any atom is -0.484 e. The summed E-state index contributed by atoms with van der Waals surface area (Å²) in [4.78, 5) is 4.49. The third kappa shape index (κ3) is 11.6. The second-order valence-corrected chi connectivity index (χ2v) is 6.54. The maximum Gasteiger partial charge on any atom is 0.422 e. The molecule has 1 aromatic carbocycles. The van der Waals surface area contributed by atoms with Crippen molar-refractivity contribution in [1.29, 1.82) is 0 Å². The van der Waals surface area contributed by atoms with Gasteiger partial charge in [-0.05, 0) is 49.8 Å². The summed E-state index contributed by atoms with van der Waals surface area (Å²) < 4.78 is 46.7. The van der Waals surface area contributed by atoms with E-state index in [2.05, 4.69) is 15.6 Å². The maximum absolute atomic E-state index is 12.1. The van der Waals surface area contributed by atoms with Crippen LogP contribution < -0.4 is 15.4 Å². The Balaban J connectivity index is 0.00000392. The number of rotatable bonds is 11. The largest absolute Gasteiger partial charge is 0.484 e. The monoisotopic (exact) mass is 515 g/mol. The van der Waals surface area contributed by atoms with E-state index < -0.39 is 12.8 Å². The minimum atomic E-state index is -4.34. The Bertz CT molecular complexity index is 579. The lowest BCUT2D eigenvalue weighted by Gasteiger charge is -2.12. The topological polar surface area (TPSA) is 54.9 Å². The molecule has 0 aromatic heterocycles. The molecule has 1 fully saturated rings. The molecule has 9 heteroatoms. The lowest BCUT2D eigenvalue weighted by atomic mass is 10.2. The number of halogens is 4. The Hall–Kier alpha value is -1.23. The molecule has 1 saturated carbocycles. The van der Waals surface area contributed by atoms with Crippen molar-refractivity contribution < 1.29 is 22.6 Å². The van der Waals surface area contributed by atoms with Crippen molar-refractivity contribution in [3.8, 4) is 5.75 Å². The number of nitrogens with one attached hydrogen (secondary N) is 2. The standard InChI is InChI=1S/C19H28F3N3O2.HI/c1-2-23-18(24-10-3-11-26-13-16-4-5-16)25-12-15-6-8-17(9-7-15)27-14-19(20,21)22;/h6-9,16H,2-5,10-14H2,1H3,(H2,23,24,25);1H. The van der Waals surface area contributed by atoms with E-state index in [1.54, 1.807) is 12.1 Å². The maximum atomic E-state index is 12.1. The van der Waals surface area contributed by atoms with Gasteiger partial charge in [0.05, 0.1) is 6.54 Å². The number of alkyl halides is 3. The summed E-state index contributed by atoms with van der Waals surface area (Å²) in [6, 6.07) is 6.47. The zero-order valence-electron chi connectivity index (χ0n) is 16.1. The summed E-state index contributed by atoms with van der Waals surface area (Å²) in [5, 5.41) is 6.42. The molecular weight excluding hydrogens is 486 g/mol. The first-order valence-electron chi connectivity index (χ1n) is 9.34. The molecule has 0 heterocycles. The van der Waals surface area contributed by atoms with E-state index >= 15 is 0 Å². The first-order valence-corrected chi connectivity index (χ1v) is 9.34. The van der Waals surface area contributed by atoms with Gasteiger partial charge in [0.15, 0.2) is 12.6 Å². The van der Waals surface area contributed by atoms with Crippen LogP contribution in [0.3, 0.4) is 0 Å². The molecule has 1 aliphatic carbocycles. The lowest BCUT2D eigenvalue weighted by molar-refractivity contribution is -0.153. The van der Waals surface area contributed by atoms with Gasteiger partial charge in [-0.1, -0.05) is 12.1 Å². The summed E-state index contributed by atoms with van der Waals surface area (Å²) in [6.45, 7) is 4.24. The fourth-order valence-electron chi connectivity index (χ4n) is 2.28. The van der Waals surface area contributed by atoms with Crippen molar-refractivity contribution in [2.45, 2.75) is 38.9 Å². The van der Waals surface area contributed by atoms with E-state index in [4.69, 9.17) is 9.47 Å². The summed E-state index contributed by atoms with van der Waals surface area (Å²) >= 11 is 0. The first kappa shape index (κ1) is 24.8. The third-order valence-corrected chi connectivity index (χ3v) is 3.90. The van der Waals surface area contributed by atoms with E-state index in [9.17, 15) is 13.2 Å². The average Bonchev–Trinajstić information content (AvgIpc) is 3.45. The highest BCUT2D eigenvalue weighted by Crippen LogP contribution is 2.28. The SMILES string of the molecule is CCNC(=NCc1ccc(OCC(F)(F)F)cc1)NCCCOCC1CC1.I. The van der Waals surface area contributed by atoms with Crippen LogP contribution in [-0.2, 0) is 11.3 Å². The van der Waals surface area contributed by atoms with Gasteiger partial charge in [0.25, 0.3) is 0 Å². The van der Waals surface area contributed by atoms with Crippen LogP contribution in [0.1, 0.15) is 31.7 Å². The molecule has 0 atom stereocenters. The smallest absolute Gasteiger partial charge is 0.422 e. The molecule has 1 aliphatic rings. The van der Waals surface area contributed by atoms with E-state index in [1.807, 2.05) is 6.92 Å². The number of nitrogens with zero attached hydrogens (tertiary/aromatic N) is 1. The Labute approximate surface area is 181 Å². The van der Waals surface area contributed by atoms with Gasteiger partial charge < -0.3 is 20.1 Å². The summed E-state index contributed by atoms with van der Waals surface area (Å²) in [5.41, 5.74) is 0.888. The van der Waals surface area contributed by atoms with Crippen LogP contribution in [0.4, 0.5) is 13.2 Å². The summed E-state index contributed by atoms with van der Waals surface area (Å²) in [6.07, 6.45) is -0.837. The first-order chi connectivity index (χ1) is 13.0. The lowest BCUT2D eigenvalue weighted by Crippen LogP contribution is -2.38. The number of hydrogen-bond acceptors (Lipinski definition) is 3. The Kier molecular flexibility index (Phi) is 11.6. The average molecular weight is 515 g/mol. The van der Waals surface area contributed by atoms with Gasteiger partial charge in [-0.25, -0.2) is 4.99 Å². The number of guanidine groups is 1. The third-order valence-electron chi connectivity index (χ3n) is 3.90. The predicted octanol–water partition coefficient (Wildman–Crippen LogP) is 4.12. The fraction of sp³-hybridized carbons (Fsp3) is 0.632. The van der Waals surface area contributed by atoms with Crippen LogP contribution in [0, 0.1) is 5.92 Å². The van der Waals surface area contributed by atoms with Crippen LogP contribution in [0.15, 0.2) is 29.3 Å². The van der Waals surface area contributed by atoms with Gasteiger partial charge >= 0.3 is 6.18 Å². The number of aliphatic imine (C=N–C) groups is 1. The molecule has 0 bridgehead atoms. The highest BCUT2D eigenvalue weighted by atomic mass is 127. The molecule has 0 unspecified atom stereocenters. The van der Waals surface area contributed by atoms with Crippen LogP contribution >= 0.6 is 24.0 Å². The quantitative estimate of drug-likeness (QED) is 0.202. The fourth-order valence-corrected chi connectivity index (χ4v) is 2.28. The van der Waals surface area contributed by atoms with Gasteiger partial charge in [0, 0.05) is 26.3 Å². The summed E-state index contributed by atoms with van der Waals surface area (Å²) in [5.74, 6) is 1.68. The van der Waals surface area contributed by atoms with Crippen LogP contribution in [0.2, 0.25) is 0 Å². The van der Waals surface area contributed by atoms with E-state index in [-0.39, 0.29) is 29.7 Å². The van der Waals surface area contributed by atoms with Crippen molar-refractivity contribution >= 4 is 29.9 Å². The van der Waals surface area contributed by atoms with Gasteiger partial charge in [-0.2, -0.15) is 13.2 Å². The molecule has 28 heavy (non-hydrogen) atoms. The predicted molar refractivity (Wildman–Crippen MR) is 114 cm³/mol. The molecule has 0 radical (unpaired) electrons. The second kappa shape index (κ2) is 13.1. The molecule has 0 saturated heterocycles. The van der Waals surface area contributed by atoms with Crippen molar-refractivity contribution in [3.05, 3.63) is 29.8 Å². The highest BCUT2D eigenvalue weighted by molar-refractivity contribution is 14.0. The number of ether oxygens (including phenoxy) is 2. The second-order valence-electron chi connectivity index (χ2n) is 6.54. The van der Waals surface area contributed by atoms with Crippen molar-refractivity contribution in [2.75, 3.05) is 32.9 Å². The molecule has 0 spiro atoms. The van der Waals surface area contributed by atoms with Crippen LogP contribution in [-0.4, -0.2) is 45.0 Å². The zero-order valence-corrected chi connectivity index (χ0v) is 18.4. The molecule has 160 valence electrons. The van der Waals surface area contributed by atoms with Gasteiger partial charge in [0.2, 0.25) is 0 Å². The van der Waals surface area contributed by atoms with E-state index in [0.29, 0.717) is 12.5 Å². The van der Waals surface area contributed by atoms with E-state index in [0.717, 1.165) is 44.2 Å². The normalized spacial score (nSPS) is 14.4. The van der Waals surface area contributed by atoms with Crippen LogP contribution in [0.25, 0.3) is 0 Å². The van der Waals surface area contributed by atoms with Gasteiger partial charge in [-0.15, -0.1) is 24.0 Å². The van der Waals surface area contributed by atoms with Crippen molar-refractivity contribution in [2.24, 2.45) is 10.9 Å². The molecule has 0 amide bonds. The van der Waals surface area contributed by atoms with Crippen LogP contribution in [0.5, 0.6) is 5.75 Å². The molecule has 1 aromatic rings. The van der Waals surface area contributed by atoms with Gasteiger partial charge in [0.1, 0.15) is 5.75 Å². The van der Waals surface area contributed by atoms with Gasteiger partial charge in [-0.3, -0.25) is 0 Å². The van der Waals surface area contributed by atoms with Crippen molar-refractivity contribution in [1.82, 2.24) is 10.6 Å². The highest BCUT2D eigenvalue weighted by Gasteiger charge is 2.28. The molecular formula is C19H29F3IN3O2. The number of hydrogen-bond donors (Lipinski definition) is 2. The molecule has 5 nitrogen and oxygen atoms in total. The Morgan fingerprint density at radius 2 is 1.89 bits per heavy atom. The Morgan fingerprint density at radius 1 is 1.18 bits per heavy atom. The number of benzene rings is 1. The van der Waals surface area contributed by atoms with E-state index in [1.165, 1.54) is 25.0 Å².